The summed E-state index contributed by atoms with van der Waals surface area (Å²) in [6, 6.07) is 14.7. The number of aromatic hydroxyl groups is 1. The Morgan fingerprint density at radius 1 is 1.17 bits per heavy atom. The number of para-hydroxylation sites is 1. The van der Waals surface area contributed by atoms with Gasteiger partial charge in [0.15, 0.2) is 0 Å². The number of fused-ring (bicyclic) bond motifs is 1. The molecule has 0 radical (unpaired) electrons. The molecular weight excluding hydrogens is 398 g/mol. The quantitative estimate of drug-likeness (QED) is 0.351. The van der Waals surface area contributed by atoms with Crippen molar-refractivity contribution in [1.82, 2.24) is 10.3 Å². The van der Waals surface area contributed by atoms with E-state index in [0.29, 0.717) is 12.1 Å². The molecule has 5 N–H and O–H groups in total. The largest absolute Gasteiger partial charge is 0.507 e. The lowest BCUT2D eigenvalue weighted by Crippen LogP contribution is -2.23. The van der Waals surface area contributed by atoms with Crippen LogP contribution in [0.2, 0.25) is 0 Å². The van der Waals surface area contributed by atoms with Crippen molar-refractivity contribution in [3.05, 3.63) is 71.4 Å². The lowest BCUT2D eigenvalue weighted by atomic mass is 10.0. The van der Waals surface area contributed by atoms with Gasteiger partial charge < -0.3 is 21.3 Å². The maximum absolute atomic E-state index is 11.3. The van der Waals surface area contributed by atoms with Crippen LogP contribution in [0, 0.1) is 0 Å². The Morgan fingerprint density at radius 3 is 2.83 bits per heavy atom. The normalized spacial score (nSPS) is 12.2. The fourth-order valence-corrected chi connectivity index (χ4v) is 4.10. The zero-order valence-corrected chi connectivity index (χ0v) is 17.6. The highest BCUT2D eigenvalue weighted by Crippen LogP contribution is 2.22. The maximum atomic E-state index is 11.3. The van der Waals surface area contributed by atoms with Crippen LogP contribution < -0.4 is 11.1 Å². The van der Waals surface area contributed by atoms with Crippen LogP contribution in [0.25, 0.3) is 10.9 Å². The molecule has 1 unspecified atom stereocenters. The third-order valence-corrected chi connectivity index (χ3v) is 5.93. The Kier molecular flexibility index (Phi) is 8.07. The van der Waals surface area contributed by atoms with Gasteiger partial charge in [-0.05, 0) is 60.5 Å². The molecule has 0 aliphatic rings. The molecule has 0 bridgehead atoms. The number of rotatable bonds is 11. The van der Waals surface area contributed by atoms with Gasteiger partial charge in [-0.1, -0.05) is 24.3 Å². The van der Waals surface area contributed by atoms with Crippen molar-refractivity contribution < 1.29 is 15.0 Å². The van der Waals surface area contributed by atoms with Gasteiger partial charge in [0.2, 0.25) is 0 Å². The number of aliphatic hydroxyl groups is 1. The second kappa shape index (κ2) is 11.0. The molecule has 30 heavy (non-hydrogen) atoms. The van der Waals surface area contributed by atoms with Crippen molar-refractivity contribution in [3.8, 4) is 5.75 Å². The van der Waals surface area contributed by atoms with Crippen LogP contribution in [-0.4, -0.2) is 39.9 Å². The number of aromatic nitrogens is 1. The number of primary amides is 1. The average molecular weight is 426 g/mol. The number of phenols is 1. The van der Waals surface area contributed by atoms with E-state index in [2.05, 4.69) is 22.4 Å². The average Bonchev–Trinajstić information content (AvgIpc) is 2.75. The number of carbonyl (C=O) groups excluding carboxylic acids is 1. The number of nitrogens with zero attached hydrogens (tertiary/aromatic N) is 1. The number of hydrogen-bond donors (Lipinski definition) is 4. The molecule has 0 fully saturated rings. The molecule has 3 aromatic rings. The van der Waals surface area contributed by atoms with Gasteiger partial charge in [0.05, 0.1) is 17.2 Å². The topological polar surface area (TPSA) is 108 Å². The summed E-state index contributed by atoms with van der Waals surface area (Å²) in [6.07, 6.45) is 3.28. The van der Waals surface area contributed by atoms with E-state index in [4.69, 9.17) is 5.73 Å². The minimum atomic E-state index is -0.765. The van der Waals surface area contributed by atoms with E-state index in [9.17, 15) is 15.0 Å². The number of thioether (sulfide) groups is 1. The Labute approximate surface area is 180 Å². The van der Waals surface area contributed by atoms with E-state index < -0.39 is 12.0 Å². The Morgan fingerprint density at radius 2 is 2.00 bits per heavy atom. The summed E-state index contributed by atoms with van der Waals surface area (Å²) in [5, 5.41) is 24.3. The molecular formula is C23H27N3O3S. The first-order valence-corrected chi connectivity index (χ1v) is 11.1. The second-order valence-electron chi connectivity index (χ2n) is 7.16. The standard InChI is InChI=1S/C23H27N3O3S/c24-23(29)19-12-18(7-8-21(19)27)22(28)14-25-9-3-4-10-30-15-16-11-17-5-1-2-6-20(17)26-13-16/h1-2,5-8,11-13,22,25,27-28H,3-4,9-10,14-15H2,(H2,24,29). The van der Waals surface area contributed by atoms with Gasteiger partial charge in [0.1, 0.15) is 5.75 Å². The number of amides is 1. The molecule has 1 atom stereocenters. The number of hydrogen-bond acceptors (Lipinski definition) is 6. The number of nitrogens with one attached hydrogen (secondary N) is 1. The van der Waals surface area contributed by atoms with Gasteiger partial charge in [0, 0.05) is 23.9 Å². The summed E-state index contributed by atoms with van der Waals surface area (Å²) in [5.74, 6) is 1.12. The summed E-state index contributed by atoms with van der Waals surface area (Å²) in [5.41, 5.74) is 8.06. The summed E-state index contributed by atoms with van der Waals surface area (Å²) >= 11 is 1.90. The maximum Gasteiger partial charge on any atom is 0.252 e. The van der Waals surface area contributed by atoms with Gasteiger partial charge in [-0.15, -0.1) is 0 Å². The van der Waals surface area contributed by atoms with E-state index in [1.54, 1.807) is 6.07 Å². The van der Waals surface area contributed by atoms with Gasteiger partial charge in [0.25, 0.3) is 5.91 Å². The zero-order chi connectivity index (χ0) is 21.3. The number of unbranched alkanes of at least 4 members (excludes halogenated alkanes) is 1. The third kappa shape index (κ3) is 6.19. The molecule has 0 spiro atoms. The van der Waals surface area contributed by atoms with E-state index >= 15 is 0 Å². The molecule has 7 heteroatoms. The van der Waals surface area contributed by atoms with Gasteiger partial charge in [-0.3, -0.25) is 9.78 Å². The van der Waals surface area contributed by atoms with Crippen molar-refractivity contribution in [2.24, 2.45) is 5.73 Å². The minimum absolute atomic E-state index is 0.0187. The van der Waals surface area contributed by atoms with Gasteiger partial charge in [-0.25, -0.2) is 0 Å². The van der Waals surface area contributed by atoms with E-state index in [0.717, 1.165) is 36.4 Å². The predicted molar refractivity (Wildman–Crippen MR) is 122 cm³/mol. The van der Waals surface area contributed by atoms with Gasteiger partial charge >= 0.3 is 0 Å². The smallest absolute Gasteiger partial charge is 0.252 e. The first kappa shape index (κ1) is 22.1. The fourth-order valence-electron chi connectivity index (χ4n) is 3.15. The number of nitrogens with two attached hydrogens (primary N) is 1. The summed E-state index contributed by atoms with van der Waals surface area (Å²) in [6.45, 7) is 1.18. The highest BCUT2D eigenvalue weighted by atomic mass is 32.2. The van der Waals surface area contributed by atoms with Crippen LogP contribution in [0.4, 0.5) is 0 Å². The first-order valence-electron chi connectivity index (χ1n) is 9.97. The zero-order valence-electron chi connectivity index (χ0n) is 16.8. The molecule has 2 aromatic carbocycles. The molecule has 0 aliphatic heterocycles. The number of aliphatic hydroxyl groups excluding tert-OH is 1. The van der Waals surface area contributed by atoms with E-state index in [1.807, 2.05) is 36.2 Å². The number of carbonyl (C=O) groups is 1. The van der Waals surface area contributed by atoms with Crippen LogP contribution in [0.3, 0.4) is 0 Å². The van der Waals surface area contributed by atoms with Crippen LogP contribution in [0.15, 0.2) is 54.7 Å². The molecule has 6 nitrogen and oxygen atoms in total. The molecule has 1 aromatic heterocycles. The summed E-state index contributed by atoms with van der Waals surface area (Å²) < 4.78 is 0. The van der Waals surface area contributed by atoms with E-state index in [-0.39, 0.29) is 11.3 Å². The second-order valence-corrected chi connectivity index (χ2v) is 8.26. The molecule has 0 saturated heterocycles. The molecule has 1 amide bonds. The van der Waals surface area contributed by atoms with Crippen molar-refractivity contribution in [1.29, 1.82) is 0 Å². The Bertz CT molecular complexity index is 996. The highest BCUT2D eigenvalue weighted by Gasteiger charge is 2.13. The SMILES string of the molecule is NC(=O)c1cc(C(O)CNCCCCSCc2cnc3ccccc3c2)ccc1O. The lowest BCUT2D eigenvalue weighted by molar-refractivity contribution is 0.0997. The molecule has 1 heterocycles. The summed E-state index contributed by atoms with van der Waals surface area (Å²) in [4.78, 5) is 15.8. The van der Waals surface area contributed by atoms with Crippen LogP contribution in [0.5, 0.6) is 5.75 Å². The predicted octanol–water partition coefficient (Wildman–Crippen LogP) is 3.38. The molecule has 0 aliphatic carbocycles. The number of pyridine rings is 1. The Balaban J connectivity index is 1.31. The van der Waals surface area contributed by atoms with Crippen LogP contribution >= 0.6 is 11.8 Å². The van der Waals surface area contributed by atoms with Crippen LogP contribution in [0.1, 0.15) is 40.4 Å². The summed E-state index contributed by atoms with van der Waals surface area (Å²) in [7, 11) is 0. The van der Waals surface area contributed by atoms with Crippen LogP contribution in [-0.2, 0) is 5.75 Å². The Hall–Kier alpha value is -2.61. The van der Waals surface area contributed by atoms with E-state index in [1.165, 1.54) is 23.1 Å². The van der Waals surface area contributed by atoms with Crippen molar-refractivity contribution in [2.75, 3.05) is 18.8 Å². The lowest BCUT2D eigenvalue weighted by Gasteiger charge is -2.13. The van der Waals surface area contributed by atoms with Gasteiger partial charge in [-0.2, -0.15) is 11.8 Å². The molecule has 3 rings (SSSR count). The fraction of sp³-hybridized carbons (Fsp3) is 0.304. The van der Waals surface area contributed by atoms with Crippen molar-refractivity contribution in [2.45, 2.75) is 24.7 Å². The monoisotopic (exact) mass is 425 g/mol. The molecule has 0 saturated carbocycles. The minimum Gasteiger partial charge on any atom is -0.507 e. The van der Waals surface area contributed by atoms with Crippen molar-refractivity contribution in [3.63, 3.8) is 0 Å². The third-order valence-electron chi connectivity index (χ3n) is 4.82. The highest BCUT2D eigenvalue weighted by molar-refractivity contribution is 7.98. The number of benzene rings is 2. The first-order chi connectivity index (χ1) is 14.5. The molecule has 158 valence electrons. The van der Waals surface area contributed by atoms with Crippen molar-refractivity contribution >= 4 is 28.6 Å².